The topological polar surface area (TPSA) is 12.9 Å². The lowest BCUT2D eigenvalue weighted by Crippen LogP contribution is -2.34. The van der Waals surface area contributed by atoms with E-state index in [0.29, 0.717) is 5.41 Å². The van der Waals surface area contributed by atoms with E-state index in [2.05, 4.69) is 31.8 Å². The molecule has 0 amide bonds. The van der Waals surface area contributed by atoms with Crippen molar-refractivity contribution < 1.29 is 0 Å². The SMILES string of the molecule is CC(C)(C)C1CC(Cc2cccnc2)C1. The Labute approximate surface area is 92.9 Å². The normalized spacial score (nSPS) is 26.1. The fourth-order valence-corrected chi connectivity index (χ4v) is 2.46. The van der Waals surface area contributed by atoms with E-state index in [-0.39, 0.29) is 0 Å². The van der Waals surface area contributed by atoms with Gasteiger partial charge in [0.05, 0.1) is 0 Å². The van der Waals surface area contributed by atoms with E-state index in [0.717, 1.165) is 11.8 Å². The largest absolute Gasteiger partial charge is 0.264 e. The molecule has 1 heteroatoms. The molecule has 1 aliphatic rings. The Bertz CT molecular complexity index is 304. The zero-order valence-electron chi connectivity index (χ0n) is 10.0. The summed E-state index contributed by atoms with van der Waals surface area (Å²) in [5.41, 5.74) is 1.90. The Morgan fingerprint density at radius 1 is 1.33 bits per heavy atom. The van der Waals surface area contributed by atoms with Crippen molar-refractivity contribution in [1.82, 2.24) is 4.98 Å². The standard InChI is InChI=1S/C14H21N/c1-14(2,3)13-8-12(9-13)7-11-5-4-6-15-10-11/h4-6,10,12-13H,7-9H2,1-3H3. The molecule has 0 saturated heterocycles. The van der Waals surface area contributed by atoms with E-state index in [1.54, 1.807) is 0 Å². The molecule has 2 rings (SSSR count). The van der Waals surface area contributed by atoms with Gasteiger partial charge in [0.25, 0.3) is 0 Å². The van der Waals surface area contributed by atoms with Gasteiger partial charge in [-0.25, -0.2) is 0 Å². The Morgan fingerprint density at radius 3 is 2.60 bits per heavy atom. The van der Waals surface area contributed by atoms with Gasteiger partial charge in [-0.2, -0.15) is 0 Å². The molecular formula is C14H21N. The van der Waals surface area contributed by atoms with Gasteiger partial charge >= 0.3 is 0 Å². The van der Waals surface area contributed by atoms with Crippen LogP contribution in [0, 0.1) is 17.3 Å². The van der Waals surface area contributed by atoms with Gasteiger partial charge in [0.15, 0.2) is 0 Å². The van der Waals surface area contributed by atoms with Crippen LogP contribution in [0.3, 0.4) is 0 Å². The molecule has 0 unspecified atom stereocenters. The maximum absolute atomic E-state index is 4.16. The number of rotatable bonds is 2. The lowest BCUT2D eigenvalue weighted by atomic mass is 9.62. The van der Waals surface area contributed by atoms with Crippen LogP contribution in [0.2, 0.25) is 0 Å². The number of aromatic nitrogens is 1. The number of pyridine rings is 1. The predicted molar refractivity (Wildman–Crippen MR) is 63.6 cm³/mol. The van der Waals surface area contributed by atoms with Crippen LogP contribution in [-0.2, 0) is 6.42 Å². The third kappa shape index (κ3) is 2.58. The molecule has 0 atom stereocenters. The van der Waals surface area contributed by atoms with Crippen LogP contribution in [0.5, 0.6) is 0 Å². The van der Waals surface area contributed by atoms with E-state index in [1.807, 2.05) is 18.5 Å². The zero-order chi connectivity index (χ0) is 10.9. The monoisotopic (exact) mass is 203 g/mol. The second-order valence-corrected chi connectivity index (χ2v) is 5.97. The number of nitrogens with zero attached hydrogens (tertiary/aromatic N) is 1. The highest BCUT2D eigenvalue weighted by atomic mass is 14.6. The Balaban J connectivity index is 1.82. The van der Waals surface area contributed by atoms with E-state index in [1.165, 1.54) is 24.8 Å². The van der Waals surface area contributed by atoms with Crippen molar-refractivity contribution in [3.8, 4) is 0 Å². The summed E-state index contributed by atoms with van der Waals surface area (Å²) in [5, 5.41) is 0. The summed E-state index contributed by atoms with van der Waals surface area (Å²) in [5.74, 6) is 1.83. The average Bonchev–Trinajstić information content (AvgIpc) is 2.10. The summed E-state index contributed by atoms with van der Waals surface area (Å²) >= 11 is 0. The lowest BCUT2D eigenvalue weighted by molar-refractivity contribution is 0.0762. The third-order valence-corrected chi connectivity index (χ3v) is 3.71. The molecule has 1 heterocycles. The van der Waals surface area contributed by atoms with E-state index in [9.17, 15) is 0 Å². The highest BCUT2D eigenvalue weighted by molar-refractivity contribution is 5.10. The molecule has 0 radical (unpaired) electrons. The van der Waals surface area contributed by atoms with Crippen molar-refractivity contribution in [1.29, 1.82) is 0 Å². The molecule has 0 bridgehead atoms. The molecule has 0 aromatic carbocycles. The Kier molecular flexibility index (Phi) is 2.81. The molecule has 1 aliphatic carbocycles. The van der Waals surface area contributed by atoms with Crippen LogP contribution in [-0.4, -0.2) is 4.98 Å². The molecule has 0 spiro atoms. The minimum Gasteiger partial charge on any atom is -0.264 e. The minimum atomic E-state index is 0.505. The molecule has 0 N–H and O–H groups in total. The van der Waals surface area contributed by atoms with Crippen LogP contribution >= 0.6 is 0 Å². The van der Waals surface area contributed by atoms with Gasteiger partial charge in [-0.3, -0.25) is 4.98 Å². The first-order valence-electron chi connectivity index (χ1n) is 5.94. The predicted octanol–water partition coefficient (Wildman–Crippen LogP) is 3.70. The summed E-state index contributed by atoms with van der Waals surface area (Å²) in [7, 11) is 0. The Hall–Kier alpha value is -0.850. The van der Waals surface area contributed by atoms with Gasteiger partial charge in [0.2, 0.25) is 0 Å². The van der Waals surface area contributed by atoms with Crippen LogP contribution in [0.25, 0.3) is 0 Å². The quantitative estimate of drug-likeness (QED) is 0.714. The molecule has 1 aromatic heterocycles. The zero-order valence-corrected chi connectivity index (χ0v) is 10.0. The molecule has 1 saturated carbocycles. The fourth-order valence-electron chi connectivity index (χ4n) is 2.46. The molecule has 82 valence electrons. The van der Waals surface area contributed by atoms with Crippen LogP contribution < -0.4 is 0 Å². The van der Waals surface area contributed by atoms with Crippen LogP contribution in [0.4, 0.5) is 0 Å². The summed E-state index contributed by atoms with van der Waals surface area (Å²) < 4.78 is 0. The smallest absolute Gasteiger partial charge is 0.0299 e. The first-order valence-corrected chi connectivity index (χ1v) is 5.94. The number of hydrogen-bond acceptors (Lipinski definition) is 1. The van der Waals surface area contributed by atoms with Crippen molar-refractivity contribution in [3.63, 3.8) is 0 Å². The molecular weight excluding hydrogens is 182 g/mol. The van der Waals surface area contributed by atoms with Crippen LogP contribution in [0.1, 0.15) is 39.2 Å². The molecule has 1 fully saturated rings. The van der Waals surface area contributed by atoms with Gasteiger partial charge in [-0.1, -0.05) is 26.8 Å². The van der Waals surface area contributed by atoms with E-state index < -0.39 is 0 Å². The molecule has 15 heavy (non-hydrogen) atoms. The van der Waals surface area contributed by atoms with E-state index in [4.69, 9.17) is 0 Å². The Morgan fingerprint density at radius 2 is 2.07 bits per heavy atom. The first-order chi connectivity index (χ1) is 7.05. The average molecular weight is 203 g/mol. The van der Waals surface area contributed by atoms with Crippen molar-refractivity contribution in [2.24, 2.45) is 17.3 Å². The molecule has 0 aliphatic heterocycles. The summed E-state index contributed by atoms with van der Waals surface area (Å²) in [6.07, 6.45) is 7.88. The van der Waals surface area contributed by atoms with Crippen molar-refractivity contribution >= 4 is 0 Å². The highest BCUT2D eigenvalue weighted by Crippen LogP contribution is 2.46. The second-order valence-electron chi connectivity index (χ2n) is 5.97. The summed E-state index contributed by atoms with van der Waals surface area (Å²) in [6, 6.07) is 4.23. The molecule has 1 nitrogen and oxygen atoms in total. The maximum Gasteiger partial charge on any atom is 0.0299 e. The third-order valence-electron chi connectivity index (χ3n) is 3.71. The van der Waals surface area contributed by atoms with Crippen molar-refractivity contribution in [2.75, 3.05) is 0 Å². The second kappa shape index (κ2) is 3.96. The lowest BCUT2D eigenvalue weighted by Gasteiger charge is -2.44. The number of hydrogen-bond donors (Lipinski definition) is 0. The summed E-state index contributed by atoms with van der Waals surface area (Å²) in [6.45, 7) is 7.08. The van der Waals surface area contributed by atoms with Gasteiger partial charge in [0, 0.05) is 12.4 Å². The van der Waals surface area contributed by atoms with Crippen LogP contribution in [0.15, 0.2) is 24.5 Å². The fraction of sp³-hybridized carbons (Fsp3) is 0.643. The van der Waals surface area contributed by atoms with Gasteiger partial charge in [0.1, 0.15) is 0 Å². The van der Waals surface area contributed by atoms with Crippen molar-refractivity contribution in [2.45, 2.75) is 40.0 Å². The van der Waals surface area contributed by atoms with Gasteiger partial charge < -0.3 is 0 Å². The van der Waals surface area contributed by atoms with Gasteiger partial charge in [-0.15, -0.1) is 0 Å². The van der Waals surface area contributed by atoms with Gasteiger partial charge in [-0.05, 0) is 48.1 Å². The maximum atomic E-state index is 4.16. The summed E-state index contributed by atoms with van der Waals surface area (Å²) in [4.78, 5) is 4.16. The highest BCUT2D eigenvalue weighted by Gasteiger charge is 2.36. The minimum absolute atomic E-state index is 0.505. The first kappa shape index (κ1) is 10.7. The molecule has 1 aromatic rings. The van der Waals surface area contributed by atoms with Crippen molar-refractivity contribution in [3.05, 3.63) is 30.1 Å². The van der Waals surface area contributed by atoms with E-state index >= 15 is 0 Å².